The Balaban J connectivity index is 1.69. The van der Waals surface area contributed by atoms with Crippen LogP contribution in [0.15, 0.2) is 42.7 Å². The Morgan fingerprint density at radius 2 is 1.55 bits per heavy atom. The molecule has 0 bridgehead atoms. The summed E-state index contributed by atoms with van der Waals surface area (Å²) in [4.78, 5) is 8.26. The van der Waals surface area contributed by atoms with Gasteiger partial charge in [-0.05, 0) is 17.7 Å². The van der Waals surface area contributed by atoms with E-state index in [4.69, 9.17) is 19.9 Å². The number of halogens is 2. The monoisotopic (exact) mass is 402 g/mol. The lowest BCUT2D eigenvalue weighted by molar-refractivity contribution is 0.280. The van der Waals surface area contributed by atoms with Crippen molar-refractivity contribution < 1.29 is 23.0 Å². The van der Waals surface area contributed by atoms with Gasteiger partial charge in [0.25, 0.3) is 0 Å². The van der Waals surface area contributed by atoms with Crippen molar-refractivity contribution in [3.63, 3.8) is 0 Å². The van der Waals surface area contributed by atoms with Gasteiger partial charge in [0, 0.05) is 18.3 Å². The molecule has 0 amide bonds. The molecule has 0 aliphatic carbocycles. The number of nitrogens with zero attached hydrogens (tertiary/aromatic N) is 2. The van der Waals surface area contributed by atoms with Crippen LogP contribution in [0, 0.1) is 11.6 Å². The van der Waals surface area contributed by atoms with Gasteiger partial charge in [0.1, 0.15) is 6.61 Å². The number of nitrogens with two attached hydrogens (primary N) is 1. The minimum atomic E-state index is -0.856. The third-order valence-electron chi connectivity index (χ3n) is 4.12. The summed E-state index contributed by atoms with van der Waals surface area (Å²) in [7, 11) is 2.56. The molecule has 0 radical (unpaired) electrons. The molecule has 9 heteroatoms. The molecule has 0 saturated heterocycles. The van der Waals surface area contributed by atoms with Crippen LogP contribution in [0.1, 0.15) is 11.1 Å². The van der Waals surface area contributed by atoms with E-state index in [9.17, 15) is 8.78 Å². The van der Waals surface area contributed by atoms with Crippen LogP contribution in [0.3, 0.4) is 0 Å². The zero-order valence-electron chi connectivity index (χ0n) is 15.9. The van der Waals surface area contributed by atoms with Crippen LogP contribution in [0.25, 0.3) is 0 Å². The summed E-state index contributed by atoms with van der Waals surface area (Å²) in [5.74, 6) is -1.40. The number of methoxy groups -OCH3 is 2. The Kier molecular flexibility index (Phi) is 6.40. The first-order valence-electron chi connectivity index (χ1n) is 8.65. The van der Waals surface area contributed by atoms with Gasteiger partial charge in [-0.3, -0.25) is 0 Å². The van der Waals surface area contributed by atoms with Crippen LogP contribution < -0.4 is 25.3 Å². The highest BCUT2D eigenvalue weighted by molar-refractivity contribution is 5.53. The topological polar surface area (TPSA) is 91.5 Å². The molecule has 152 valence electrons. The lowest BCUT2D eigenvalue weighted by atomic mass is 10.1. The summed E-state index contributed by atoms with van der Waals surface area (Å²) in [6.07, 6.45) is 2.80. The van der Waals surface area contributed by atoms with E-state index in [0.717, 1.165) is 17.3 Å². The molecule has 0 atom stereocenters. The minimum absolute atomic E-state index is 0.140. The molecule has 1 aromatic heterocycles. The Hall–Kier alpha value is -3.46. The molecule has 0 spiro atoms. The largest absolute Gasteiger partial charge is 0.494 e. The van der Waals surface area contributed by atoms with Gasteiger partial charge in [0.05, 0.1) is 32.2 Å². The second-order valence-electron chi connectivity index (χ2n) is 5.94. The highest BCUT2D eigenvalue weighted by atomic mass is 19.1. The Labute approximate surface area is 166 Å². The Morgan fingerprint density at radius 1 is 0.966 bits per heavy atom. The van der Waals surface area contributed by atoms with Crippen LogP contribution in [-0.2, 0) is 13.2 Å². The standard InChI is InChI=1S/C20H20F2N4O3/c1-27-16-7-17(28-2)19(22)15(18(16)21)11-29-14-9-24-20(25-10-14)26-13-5-3-12(8-23)4-6-13/h3-7,9-10H,8,11,23H2,1-2H3,(H,24,25,26). The van der Waals surface area contributed by atoms with Gasteiger partial charge in [-0.15, -0.1) is 0 Å². The number of aromatic nitrogens is 2. The molecule has 1 heterocycles. The molecule has 3 rings (SSSR count). The second kappa shape index (κ2) is 9.16. The van der Waals surface area contributed by atoms with Crippen molar-refractivity contribution in [2.45, 2.75) is 13.2 Å². The summed E-state index contributed by atoms with van der Waals surface area (Å²) in [5, 5.41) is 3.03. The van der Waals surface area contributed by atoms with Crippen molar-refractivity contribution in [3.05, 3.63) is 65.5 Å². The molecule has 3 N–H and O–H groups in total. The van der Waals surface area contributed by atoms with E-state index < -0.39 is 11.6 Å². The highest BCUT2D eigenvalue weighted by Gasteiger charge is 2.20. The molecule has 0 unspecified atom stereocenters. The molecule has 2 aromatic carbocycles. The molecule has 0 saturated carbocycles. The zero-order valence-corrected chi connectivity index (χ0v) is 15.9. The molecule has 7 nitrogen and oxygen atoms in total. The van der Waals surface area contributed by atoms with Crippen LogP contribution in [-0.4, -0.2) is 24.2 Å². The average Bonchev–Trinajstić information content (AvgIpc) is 2.75. The van der Waals surface area contributed by atoms with Crippen molar-refractivity contribution in [1.82, 2.24) is 9.97 Å². The van der Waals surface area contributed by atoms with Gasteiger partial charge < -0.3 is 25.3 Å². The van der Waals surface area contributed by atoms with Crippen LogP contribution in [0.5, 0.6) is 17.2 Å². The summed E-state index contributed by atoms with van der Waals surface area (Å²) in [5.41, 5.74) is 7.06. The van der Waals surface area contributed by atoms with Crippen LogP contribution >= 0.6 is 0 Å². The number of nitrogens with one attached hydrogen (secondary N) is 1. The quantitative estimate of drug-likeness (QED) is 0.595. The maximum absolute atomic E-state index is 14.4. The predicted octanol–water partition coefficient (Wildman–Crippen LogP) is 3.55. The third-order valence-corrected chi connectivity index (χ3v) is 4.12. The summed E-state index contributed by atoms with van der Waals surface area (Å²) < 4.78 is 44.0. The number of rotatable bonds is 8. The molecular formula is C20H20F2N4O3. The number of hydrogen-bond acceptors (Lipinski definition) is 7. The number of anilines is 2. The van der Waals surface area contributed by atoms with Crippen LogP contribution in [0.2, 0.25) is 0 Å². The Morgan fingerprint density at radius 3 is 2.07 bits per heavy atom. The van der Waals surface area contributed by atoms with Crippen molar-refractivity contribution in [2.24, 2.45) is 5.73 Å². The van der Waals surface area contributed by atoms with E-state index in [2.05, 4.69) is 15.3 Å². The first-order valence-corrected chi connectivity index (χ1v) is 8.65. The van der Waals surface area contributed by atoms with E-state index in [0.29, 0.717) is 12.5 Å². The van der Waals surface area contributed by atoms with Gasteiger partial charge in [-0.25, -0.2) is 18.7 Å². The van der Waals surface area contributed by atoms with Crippen molar-refractivity contribution in [1.29, 1.82) is 0 Å². The van der Waals surface area contributed by atoms with Crippen molar-refractivity contribution in [3.8, 4) is 17.2 Å². The fourth-order valence-electron chi connectivity index (χ4n) is 2.53. The fourth-order valence-corrected chi connectivity index (χ4v) is 2.53. The highest BCUT2D eigenvalue weighted by Crippen LogP contribution is 2.32. The summed E-state index contributed by atoms with van der Waals surface area (Å²) in [6.45, 7) is 0.0745. The summed E-state index contributed by atoms with van der Waals surface area (Å²) >= 11 is 0. The maximum Gasteiger partial charge on any atom is 0.227 e. The Bertz CT molecular complexity index is 939. The van der Waals surface area contributed by atoms with E-state index in [1.54, 1.807) is 0 Å². The number of hydrogen-bond donors (Lipinski definition) is 2. The van der Waals surface area contributed by atoms with E-state index in [-0.39, 0.29) is 29.4 Å². The number of benzene rings is 2. The van der Waals surface area contributed by atoms with Crippen LogP contribution in [0.4, 0.5) is 20.4 Å². The molecule has 0 aliphatic rings. The van der Waals surface area contributed by atoms with E-state index in [1.165, 1.54) is 26.6 Å². The smallest absolute Gasteiger partial charge is 0.227 e. The maximum atomic E-state index is 14.4. The molecule has 0 aliphatic heterocycles. The number of ether oxygens (including phenoxy) is 3. The normalized spacial score (nSPS) is 10.5. The van der Waals surface area contributed by atoms with E-state index >= 15 is 0 Å². The van der Waals surface area contributed by atoms with Gasteiger partial charge in [-0.1, -0.05) is 12.1 Å². The molecule has 29 heavy (non-hydrogen) atoms. The molecule has 3 aromatic rings. The second-order valence-corrected chi connectivity index (χ2v) is 5.94. The van der Waals surface area contributed by atoms with E-state index in [1.807, 2.05) is 24.3 Å². The fraction of sp³-hybridized carbons (Fsp3) is 0.200. The van der Waals surface area contributed by atoms with Gasteiger partial charge >= 0.3 is 0 Å². The molecular weight excluding hydrogens is 382 g/mol. The SMILES string of the molecule is COc1cc(OC)c(F)c(COc2cnc(Nc3ccc(CN)cc3)nc2)c1F. The molecule has 0 fully saturated rings. The summed E-state index contributed by atoms with van der Waals surface area (Å²) in [6, 6.07) is 8.64. The minimum Gasteiger partial charge on any atom is -0.494 e. The lowest BCUT2D eigenvalue weighted by Crippen LogP contribution is -2.06. The van der Waals surface area contributed by atoms with Gasteiger partial charge in [0.15, 0.2) is 28.9 Å². The van der Waals surface area contributed by atoms with Crippen molar-refractivity contribution in [2.75, 3.05) is 19.5 Å². The average molecular weight is 402 g/mol. The van der Waals surface area contributed by atoms with Gasteiger partial charge in [-0.2, -0.15) is 0 Å². The van der Waals surface area contributed by atoms with Crippen molar-refractivity contribution >= 4 is 11.6 Å². The predicted molar refractivity (Wildman–Crippen MR) is 103 cm³/mol. The third kappa shape index (κ3) is 4.69. The first-order chi connectivity index (χ1) is 14.0. The lowest BCUT2D eigenvalue weighted by Gasteiger charge is -2.13. The first kappa shape index (κ1) is 20.3. The zero-order chi connectivity index (χ0) is 20.8. The van der Waals surface area contributed by atoms with Gasteiger partial charge in [0.2, 0.25) is 5.95 Å².